The highest BCUT2D eigenvalue weighted by Gasteiger charge is 2.29. The van der Waals surface area contributed by atoms with Crippen LogP contribution in [0.5, 0.6) is 5.75 Å². The highest BCUT2D eigenvalue weighted by Crippen LogP contribution is 2.30. The van der Waals surface area contributed by atoms with Gasteiger partial charge in [-0.3, -0.25) is 0 Å². The third kappa shape index (κ3) is 5.58. The number of alkyl halides is 3. The van der Waals surface area contributed by atoms with Gasteiger partial charge in [-0.05, 0) is 50.1 Å². The van der Waals surface area contributed by atoms with E-state index in [1.807, 2.05) is 0 Å². The van der Waals surface area contributed by atoms with Crippen molar-refractivity contribution in [2.24, 2.45) is 0 Å². The second-order valence-corrected chi connectivity index (χ2v) is 5.51. The molecule has 1 N–H and O–H groups in total. The van der Waals surface area contributed by atoms with Crippen molar-refractivity contribution in [3.8, 4) is 5.75 Å². The Bertz CT molecular complexity index is 411. The average molecular weight is 301 g/mol. The Morgan fingerprint density at radius 3 is 2.33 bits per heavy atom. The fourth-order valence-corrected chi connectivity index (χ4v) is 2.62. The zero-order chi connectivity index (χ0) is 15.1. The van der Waals surface area contributed by atoms with Crippen LogP contribution in [0.25, 0.3) is 0 Å². The maximum Gasteiger partial charge on any atom is 0.416 e. The van der Waals surface area contributed by atoms with Gasteiger partial charge in [-0.2, -0.15) is 13.2 Å². The lowest BCUT2D eigenvalue weighted by Crippen LogP contribution is -2.32. The van der Waals surface area contributed by atoms with Gasteiger partial charge >= 0.3 is 6.18 Å². The lowest BCUT2D eigenvalue weighted by Gasteiger charge is -2.22. The van der Waals surface area contributed by atoms with Gasteiger partial charge in [0.05, 0.1) is 12.2 Å². The monoisotopic (exact) mass is 301 g/mol. The van der Waals surface area contributed by atoms with Crippen molar-refractivity contribution in [1.82, 2.24) is 5.32 Å². The van der Waals surface area contributed by atoms with E-state index >= 15 is 0 Å². The number of rotatable bonds is 6. The summed E-state index contributed by atoms with van der Waals surface area (Å²) < 4.78 is 42.7. The van der Waals surface area contributed by atoms with E-state index in [-0.39, 0.29) is 0 Å². The quantitative estimate of drug-likeness (QED) is 0.787. The molecule has 2 rings (SSSR count). The van der Waals surface area contributed by atoms with E-state index in [1.165, 1.54) is 44.2 Å². The molecule has 0 radical (unpaired) electrons. The Morgan fingerprint density at radius 1 is 1.05 bits per heavy atom. The van der Waals surface area contributed by atoms with Gasteiger partial charge in [-0.1, -0.05) is 19.3 Å². The highest BCUT2D eigenvalue weighted by atomic mass is 19.4. The topological polar surface area (TPSA) is 21.3 Å². The van der Waals surface area contributed by atoms with Gasteiger partial charge in [0.1, 0.15) is 5.75 Å². The van der Waals surface area contributed by atoms with E-state index in [4.69, 9.17) is 4.74 Å². The number of hydrogen-bond donors (Lipinski definition) is 1. The van der Waals surface area contributed by atoms with E-state index in [0.29, 0.717) is 18.4 Å². The van der Waals surface area contributed by atoms with Gasteiger partial charge in [0.25, 0.3) is 0 Å². The molecule has 2 nitrogen and oxygen atoms in total. The molecule has 0 heterocycles. The molecular formula is C16H22F3NO. The van der Waals surface area contributed by atoms with Crippen molar-refractivity contribution in [2.45, 2.75) is 50.7 Å². The first kappa shape index (κ1) is 16.1. The molecule has 1 aromatic carbocycles. The molecule has 0 aliphatic heterocycles. The van der Waals surface area contributed by atoms with Crippen LogP contribution >= 0.6 is 0 Å². The molecule has 0 spiro atoms. The van der Waals surface area contributed by atoms with Crippen molar-refractivity contribution in [2.75, 3.05) is 13.2 Å². The van der Waals surface area contributed by atoms with E-state index in [0.717, 1.165) is 25.1 Å². The lowest BCUT2D eigenvalue weighted by atomic mass is 9.95. The zero-order valence-electron chi connectivity index (χ0n) is 12.1. The Labute approximate surface area is 123 Å². The standard InChI is InChI=1S/C16H22F3NO/c17-16(18,19)13-7-9-15(10-8-13)21-12-4-11-20-14-5-2-1-3-6-14/h7-10,14,20H,1-6,11-12H2. The number of nitrogens with one attached hydrogen (secondary N) is 1. The summed E-state index contributed by atoms with van der Waals surface area (Å²) in [5.74, 6) is 0.487. The van der Waals surface area contributed by atoms with Gasteiger partial charge in [0, 0.05) is 6.04 Å². The van der Waals surface area contributed by atoms with Crippen LogP contribution in [0.4, 0.5) is 13.2 Å². The molecule has 1 fully saturated rings. The maximum absolute atomic E-state index is 12.4. The summed E-state index contributed by atoms with van der Waals surface area (Å²) in [6, 6.07) is 5.48. The minimum Gasteiger partial charge on any atom is -0.494 e. The Balaban J connectivity index is 1.62. The molecule has 0 atom stereocenters. The minimum atomic E-state index is -4.29. The SMILES string of the molecule is FC(F)(F)c1ccc(OCCCNC2CCCCC2)cc1. The highest BCUT2D eigenvalue weighted by molar-refractivity contribution is 5.28. The molecule has 0 amide bonds. The molecule has 1 aliphatic rings. The largest absolute Gasteiger partial charge is 0.494 e. The second kappa shape index (κ2) is 7.69. The predicted molar refractivity (Wildman–Crippen MR) is 76.4 cm³/mol. The van der Waals surface area contributed by atoms with Crippen LogP contribution in [0.3, 0.4) is 0 Å². The van der Waals surface area contributed by atoms with E-state index < -0.39 is 11.7 Å². The average Bonchev–Trinajstić information content (AvgIpc) is 2.47. The predicted octanol–water partition coefficient (Wildman–Crippen LogP) is 4.40. The third-order valence-electron chi connectivity index (χ3n) is 3.81. The molecule has 0 aromatic heterocycles. The van der Waals surface area contributed by atoms with Crippen LogP contribution in [0.15, 0.2) is 24.3 Å². The molecule has 0 unspecified atom stereocenters. The minimum absolute atomic E-state index is 0.487. The van der Waals surface area contributed by atoms with Crippen LogP contribution in [-0.4, -0.2) is 19.2 Å². The van der Waals surface area contributed by atoms with Crippen LogP contribution in [0, 0.1) is 0 Å². The van der Waals surface area contributed by atoms with Crippen LogP contribution in [0.2, 0.25) is 0 Å². The summed E-state index contributed by atoms with van der Waals surface area (Å²) >= 11 is 0. The van der Waals surface area contributed by atoms with Gasteiger partial charge in [0.15, 0.2) is 0 Å². The molecule has 1 aromatic rings. The fraction of sp³-hybridized carbons (Fsp3) is 0.625. The van der Waals surface area contributed by atoms with Crippen molar-refractivity contribution >= 4 is 0 Å². The number of hydrogen-bond acceptors (Lipinski definition) is 2. The molecule has 0 bridgehead atoms. The zero-order valence-corrected chi connectivity index (χ0v) is 12.1. The molecule has 1 saturated carbocycles. The molecule has 5 heteroatoms. The smallest absolute Gasteiger partial charge is 0.416 e. The van der Waals surface area contributed by atoms with Crippen molar-refractivity contribution in [3.63, 3.8) is 0 Å². The van der Waals surface area contributed by atoms with Gasteiger partial charge in [-0.15, -0.1) is 0 Å². The summed E-state index contributed by atoms with van der Waals surface area (Å²) in [5.41, 5.74) is -0.645. The van der Waals surface area contributed by atoms with E-state index in [2.05, 4.69) is 5.32 Å². The molecular weight excluding hydrogens is 279 g/mol. The van der Waals surface area contributed by atoms with Crippen molar-refractivity contribution in [3.05, 3.63) is 29.8 Å². The molecule has 0 saturated heterocycles. The molecule has 21 heavy (non-hydrogen) atoms. The fourth-order valence-electron chi connectivity index (χ4n) is 2.62. The molecule has 1 aliphatic carbocycles. The van der Waals surface area contributed by atoms with Gasteiger partial charge in [-0.25, -0.2) is 0 Å². The lowest BCUT2D eigenvalue weighted by molar-refractivity contribution is -0.137. The van der Waals surface area contributed by atoms with Crippen LogP contribution in [-0.2, 0) is 6.18 Å². The van der Waals surface area contributed by atoms with Crippen molar-refractivity contribution < 1.29 is 17.9 Å². The molecule has 118 valence electrons. The number of benzene rings is 1. The number of halogens is 3. The maximum atomic E-state index is 12.4. The van der Waals surface area contributed by atoms with Gasteiger partial charge in [0.2, 0.25) is 0 Å². The summed E-state index contributed by atoms with van der Waals surface area (Å²) in [7, 11) is 0. The third-order valence-corrected chi connectivity index (χ3v) is 3.81. The van der Waals surface area contributed by atoms with Crippen LogP contribution < -0.4 is 10.1 Å². The Morgan fingerprint density at radius 2 is 1.71 bits per heavy atom. The normalized spacial score (nSPS) is 16.9. The summed E-state index contributed by atoms with van der Waals surface area (Å²) in [4.78, 5) is 0. The number of ether oxygens (including phenoxy) is 1. The van der Waals surface area contributed by atoms with E-state index in [1.54, 1.807) is 0 Å². The van der Waals surface area contributed by atoms with Crippen molar-refractivity contribution in [1.29, 1.82) is 0 Å². The first-order valence-electron chi connectivity index (χ1n) is 7.59. The summed E-state index contributed by atoms with van der Waals surface area (Å²) in [6.45, 7) is 1.41. The summed E-state index contributed by atoms with van der Waals surface area (Å²) in [6.07, 6.45) is 3.02. The second-order valence-electron chi connectivity index (χ2n) is 5.51. The van der Waals surface area contributed by atoms with E-state index in [9.17, 15) is 13.2 Å². The first-order valence-corrected chi connectivity index (χ1v) is 7.59. The van der Waals surface area contributed by atoms with Gasteiger partial charge < -0.3 is 10.1 Å². The summed E-state index contributed by atoms with van der Waals surface area (Å²) in [5, 5.41) is 3.51. The first-order chi connectivity index (χ1) is 10.1. The van der Waals surface area contributed by atoms with Crippen LogP contribution in [0.1, 0.15) is 44.1 Å². The Hall–Kier alpha value is -1.23. The Kier molecular flexibility index (Phi) is 5.91.